The molecule has 158 valence electrons. The Bertz CT molecular complexity index is 948. The zero-order valence-corrected chi connectivity index (χ0v) is 18.3. The quantitative estimate of drug-likeness (QED) is 0.328. The van der Waals surface area contributed by atoms with Crippen molar-refractivity contribution in [3.05, 3.63) is 88.9 Å². The maximum atomic E-state index is 9.34. The van der Waals surface area contributed by atoms with E-state index in [9.17, 15) is 10.2 Å². The number of nitrogens with two attached hydrogens (primary N) is 1. The molecule has 6 heteroatoms. The number of benzene rings is 3. The Hall–Kier alpha value is -2.02. The summed E-state index contributed by atoms with van der Waals surface area (Å²) in [7, 11) is 0. The van der Waals surface area contributed by atoms with Gasteiger partial charge in [-0.2, -0.15) is 0 Å². The van der Waals surface area contributed by atoms with Gasteiger partial charge >= 0.3 is 0 Å². The summed E-state index contributed by atoms with van der Waals surface area (Å²) < 4.78 is 5.92. The molecule has 3 aromatic rings. The van der Waals surface area contributed by atoms with Gasteiger partial charge in [-0.05, 0) is 42.2 Å². The molecule has 0 aliphatic heterocycles. The van der Waals surface area contributed by atoms with Gasteiger partial charge in [0.1, 0.15) is 12.4 Å². The number of rotatable bonds is 10. The van der Waals surface area contributed by atoms with Crippen molar-refractivity contribution in [3.8, 4) is 5.75 Å². The molecule has 0 spiro atoms. The largest absolute Gasteiger partial charge is 0.489 e. The Morgan fingerprint density at radius 1 is 0.900 bits per heavy atom. The number of halogens is 1. The minimum absolute atomic E-state index is 0.263. The molecule has 0 saturated carbocycles. The Kier molecular flexibility index (Phi) is 8.19. The van der Waals surface area contributed by atoms with Gasteiger partial charge in [0.25, 0.3) is 0 Å². The van der Waals surface area contributed by atoms with E-state index in [1.165, 1.54) is 0 Å². The van der Waals surface area contributed by atoms with Gasteiger partial charge in [-0.25, -0.2) is 0 Å². The molecule has 0 amide bonds. The lowest BCUT2D eigenvalue weighted by atomic mass is 9.94. The average molecular weight is 445 g/mol. The smallest absolute Gasteiger partial charge is 0.161 e. The normalized spacial score (nSPS) is 11.5. The van der Waals surface area contributed by atoms with E-state index >= 15 is 0 Å². The van der Waals surface area contributed by atoms with Crippen molar-refractivity contribution in [2.75, 3.05) is 13.2 Å². The lowest BCUT2D eigenvalue weighted by Crippen LogP contribution is -2.47. The van der Waals surface area contributed by atoms with Gasteiger partial charge in [0.2, 0.25) is 0 Å². The fraction of sp³-hybridized carbons (Fsp3) is 0.250. The third-order valence-electron chi connectivity index (χ3n) is 4.88. The standard InChI is InChI=1S/C24H26ClNO3S/c25-23-14-22(10-9-19(23)11-12-24(26,16-27)17-28)30-21-8-4-7-20(13-21)29-15-18-5-2-1-3-6-18/h1-10,13-14,27-28H,11-12,15-17,26H2/p+1. The van der Waals surface area contributed by atoms with Crippen LogP contribution in [0, 0.1) is 0 Å². The van der Waals surface area contributed by atoms with E-state index in [-0.39, 0.29) is 13.2 Å². The van der Waals surface area contributed by atoms with Crippen LogP contribution in [-0.4, -0.2) is 29.0 Å². The summed E-state index contributed by atoms with van der Waals surface area (Å²) in [5, 5.41) is 19.3. The molecule has 4 nitrogen and oxygen atoms in total. The first-order valence-electron chi connectivity index (χ1n) is 9.79. The Morgan fingerprint density at radius 2 is 1.63 bits per heavy atom. The van der Waals surface area contributed by atoms with Crippen LogP contribution in [0.4, 0.5) is 0 Å². The summed E-state index contributed by atoms with van der Waals surface area (Å²) in [4.78, 5) is 2.19. The number of aryl methyl sites for hydroxylation is 1. The molecule has 0 radical (unpaired) electrons. The van der Waals surface area contributed by atoms with Crippen LogP contribution < -0.4 is 10.5 Å². The van der Waals surface area contributed by atoms with Crippen molar-refractivity contribution in [1.29, 1.82) is 0 Å². The molecule has 3 rings (SSSR count). The molecule has 0 aliphatic rings. The van der Waals surface area contributed by atoms with Gasteiger partial charge < -0.3 is 20.7 Å². The van der Waals surface area contributed by atoms with Crippen LogP contribution in [0.1, 0.15) is 17.5 Å². The first-order chi connectivity index (χ1) is 14.5. The van der Waals surface area contributed by atoms with Crippen molar-refractivity contribution in [2.45, 2.75) is 34.8 Å². The minimum Gasteiger partial charge on any atom is -0.489 e. The molecule has 0 unspecified atom stereocenters. The Labute approximate surface area is 186 Å². The number of hydrogen-bond donors (Lipinski definition) is 3. The summed E-state index contributed by atoms with van der Waals surface area (Å²) in [5.41, 5.74) is 7.04. The summed E-state index contributed by atoms with van der Waals surface area (Å²) >= 11 is 7.50. The first kappa shape index (κ1) is 22.7. The van der Waals surface area contributed by atoms with Gasteiger partial charge in [0.15, 0.2) is 9.79 Å². The molecule has 0 bridgehead atoms. The predicted molar refractivity (Wildman–Crippen MR) is 123 cm³/mol. The van der Waals surface area contributed by atoms with Crippen LogP contribution >= 0.6 is 11.6 Å². The van der Waals surface area contributed by atoms with E-state index < -0.39 is 5.54 Å². The monoisotopic (exact) mass is 444 g/mol. The van der Waals surface area contributed by atoms with Crippen molar-refractivity contribution < 1.29 is 14.9 Å². The van der Waals surface area contributed by atoms with E-state index in [0.717, 1.165) is 38.4 Å². The third kappa shape index (κ3) is 6.49. The van der Waals surface area contributed by atoms with Crippen LogP contribution in [0.5, 0.6) is 5.75 Å². The average Bonchev–Trinajstić information content (AvgIpc) is 2.78. The second-order valence-corrected chi connectivity index (χ2v) is 9.00. The zero-order valence-electron chi connectivity index (χ0n) is 16.7. The minimum atomic E-state index is -0.986. The summed E-state index contributed by atoms with van der Waals surface area (Å²) in [6.45, 7) is 0.00697. The van der Waals surface area contributed by atoms with E-state index in [1.54, 1.807) is 0 Å². The van der Waals surface area contributed by atoms with E-state index in [0.29, 0.717) is 24.5 Å². The highest BCUT2D eigenvalue weighted by Crippen LogP contribution is 2.25. The fourth-order valence-electron chi connectivity index (χ4n) is 2.93. The van der Waals surface area contributed by atoms with Crippen LogP contribution in [0.2, 0.25) is 5.02 Å². The van der Waals surface area contributed by atoms with Gasteiger partial charge in [0.05, 0.1) is 18.8 Å². The van der Waals surface area contributed by atoms with Crippen LogP contribution in [0.15, 0.2) is 82.6 Å². The van der Waals surface area contributed by atoms with Crippen molar-refractivity contribution in [2.24, 2.45) is 5.73 Å². The van der Waals surface area contributed by atoms with E-state index in [1.807, 2.05) is 66.7 Å². The molecule has 0 fully saturated rings. The molecule has 4 N–H and O–H groups in total. The molecule has 3 aromatic carbocycles. The molecule has 30 heavy (non-hydrogen) atoms. The van der Waals surface area contributed by atoms with Gasteiger partial charge in [-0.1, -0.05) is 54.1 Å². The number of thiol groups is 1. The highest BCUT2D eigenvalue weighted by atomic mass is 35.5. The first-order valence-corrected chi connectivity index (χ1v) is 11.1. The summed E-state index contributed by atoms with van der Waals surface area (Å²) in [6.07, 6.45) is 1.05. The van der Waals surface area contributed by atoms with Crippen molar-refractivity contribution in [3.63, 3.8) is 0 Å². The highest BCUT2D eigenvalue weighted by molar-refractivity contribution is 7.78. The molecule has 0 aromatic heterocycles. The third-order valence-corrected chi connectivity index (χ3v) is 6.31. The fourth-order valence-corrected chi connectivity index (χ4v) is 4.28. The maximum absolute atomic E-state index is 9.34. The van der Waals surface area contributed by atoms with E-state index in [4.69, 9.17) is 22.1 Å². The molecular formula is C24H27ClNO3S+. The Morgan fingerprint density at radius 3 is 2.33 bits per heavy atom. The second-order valence-electron chi connectivity index (χ2n) is 7.34. The lowest BCUT2D eigenvalue weighted by molar-refractivity contribution is 0.115. The van der Waals surface area contributed by atoms with E-state index in [2.05, 4.69) is 6.07 Å². The predicted octanol–water partition coefficient (Wildman–Crippen LogP) is 3.77. The van der Waals surface area contributed by atoms with Gasteiger partial charge in [-0.3, -0.25) is 0 Å². The molecule has 0 aliphatic carbocycles. The van der Waals surface area contributed by atoms with Gasteiger partial charge in [0, 0.05) is 28.9 Å². The number of ether oxygens (including phenoxy) is 1. The topological polar surface area (TPSA) is 75.7 Å². The highest BCUT2D eigenvalue weighted by Gasteiger charge is 2.23. The summed E-state index contributed by atoms with van der Waals surface area (Å²) in [5.74, 6) is 0.832. The van der Waals surface area contributed by atoms with Gasteiger partial charge in [-0.15, -0.1) is 0 Å². The Balaban J connectivity index is 1.61. The SMILES string of the molecule is NC(CO)(CO)CCc1ccc([SH+]c2cccc(OCc3ccccc3)c2)cc1Cl. The maximum Gasteiger partial charge on any atom is 0.161 e. The second kappa shape index (κ2) is 10.8. The lowest BCUT2D eigenvalue weighted by Gasteiger charge is -2.24. The molecular weight excluding hydrogens is 418 g/mol. The molecule has 0 heterocycles. The summed E-state index contributed by atoms with van der Waals surface area (Å²) in [6, 6.07) is 24.1. The number of hydrogen-bond acceptors (Lipinski definition) is 4. The molecule has 0 atom stereocenters. The van der Waals surface area contributed by atoms with Crippen LogP contribution in [0.25, 0.3) is 0 Å². The zero-order chi connectivity index (χ0) is 21.4. The van der Waals surface area contributed by atoms with Crippen molar-refractivity contribution in [1.82, 2.24) is 0 Å². The number of aliphatic hydroxyl groups is 2. The molecule has 0 saturated heterocycles. The van der Waals surface area contributed by atoms with Crippen LogP contribution in [-0.2, 0) is 24.8 Å². The number of aliphatic hydroxyl groups excluding tert-OH is 2. The van der Waals surface area contributed by atoms with Crippen LogP contribution in [0.3, 0.4) is 0 Å². The van der Waals surface area contributed by atoms with Crippen molar-refractivity contribution >= 4 is 23.4 Å².